The first-order valence-electron chi connectivity index (χ1n) is 5.73. The van der Waals surface area contributed by atoms with E-state index in [4.69, 9.17) is 0 Å². The third-order valence-electron chi connectivity index (χ3n) is 2.95. The predicted octanol–water partition coefficient (Wildman–Crippen LogP) is 1.88. The smallest absolute Gasteiger partial charge is 0.159 e. The van der Waals surface area contributed by atoms with Crippen LogP contribution in [0.1, 0.15) is 5.56 Å². The molecule has 1 aliphatic rings. The molecule has 17 heavy (non-hydrogen) atoms. The van der Waals surface area contributed by atoms with Crippen LogP contribution in [0.3, 0.4) is 0 Å². The lowest BCUT2D eigenvalue weighted by atomic mass is 10.1. The van der Waals surface area contributed by atoms with Crippen LogP contribution in [0, 0.1) is 11.6 Å². The zero-order valence-corrected chi connectivity index (χ0v) is 9.68. The van der Waals surface area contributed by atoms with Crippen molar-refractivity contribution in [1.82, 2.24) is 10.2 Å². The number of halogens is 2. The molecule has 92 valence electrons. The Morgan fingerprint density at radius 2 is 1.94 bits per heavy atom. The zero-order chi connectivity index (χ0) is 12.3. The van der Waals surface area contributed by atoms with Gasteiger partial charge < -0.3 is 5.32 Å². The Balaban J connectivity index is 2.01. The van der Waals surface area contributed by atoms with Crippen LogP contribution in [0.25, 0.3) is 5.57 Å². The van der Waals surface area contributed by atoms with Gasteiger partial charge in [0.2, 0.25) is 0 Å². The van der Waals surface area contributed by atoms with Crippen molar-refractivity contribution >= 4 is 5.57 Å². The van der Waals surface area contributed by atoms with E-state index in [-0.39, 0.29) is 0 Å². The Kier molecular flexibility index (Phi) is 3.86. The van der Waals surface area contributed by atoms with Crippen LogP contribution in [0.2, 0.25) is 0 Å². The Morgan fingerprint density at radius 1 is 1.24 bits per heavy atom. The maximum Gasteiger partial charge on any atom is 0.159 e. The molecule has 0 aromatic heterocycles. The van der Waals surface area contributed by atoms with E-state index in [9.17, 15) is 8.78 Å². The highest BCUT2D eigenvalue weighted by Gasteiger charge is 2.12. The van der Waals surface area contributed by atoms with Crippen molar-refractivity contribution in [1.29, 1.82) is 0 Å². The molecule has 1 heterocycles. The molecule has 0 saturated carbocycles. The summed E-state index contributed by atoms with van der Waals surface area (Å²) >= 11 is 0. The Morgan fingerprint density at radius 3 is 2.59 bits per heavy atom. The molecule has 1 fully saturated rings. The Labute approximate surface area is 99.9 Å². The Bertz CT molecular complexity index is 412. The highest BCUT2D eigenvalue weighted by Crippen LogP contribution is 2.17. The third-order valence-corrected chi connectivity index (χ3v) is 2.95. The molecule has 0 atom stereocenters. The quantitative estimate of drug-likeness (QED) is 0.865. The molecule has 0 spiro atoms. The summed E-state index contributed by atoms with van der Waals surface area (Å²) in [6, 6.07) is 3.93. The van der Waals surface area contributed by atoms with Crippen molar-refractivity contribution in [2.45, 2.75) is 0 Å². The van der Waals surface area contributed by atoms with Crippen molar-refractivity contribution in [3.8, 4) is 0 Å². The zero-order valence-electron chi connectivity index (χ0n) is 9.68. The van der Waals surface area contributed by atoms with Gasteiger partial charge in [-0.3, -0.25) is 4.90 Å². The summed E-state index contributed by atoms with van der Waals surface area (Å²) in [7, 11) is 0. The molecule has 1 aromatic carbocycles. The van der Waals surface area contributed by atoms with Gasteiger partial charge in [0.25, 0.3) is 0 Å². The molecule has 0 amide bonds. The average Bonchev–Trinajstić information content (AvgIpc) is 2.34. The van der Waals surface area contributed by atoms with Crippen LogP contribution in [-0.2, 0) is 0 Å². The van der Waals surface area contributed by atoms with Gasteiger partial charge in [-0.25, -0.2) is 8.78 Å². The molecule has 0 aliphatic carbocycles. The van der Waals surface area contributed by atoms with Crippen molar-refractivity contribution < 1.29 is 8.78 Å². The number of hydrogen-bond donors (Lipinski definition) is 1. The first-order chi connectivity index (χ1) is 8.16. The highest BCUT2D eigenvalue weighted by molar-refractivity contribution is 5.64. The number of nitrogens with one attached hydrogen (secondary N) is 1. The molecule has 2 nitrogen and oxygen atoms in total. The summed E-state index contributed by atoms with van der Waals surface area (Å²) < 4.78 is 25.9. The first-order valence-corrected chi connectivity index (χ1v) is 5.73. The topological polar surface area (TPSA) is 15.3 Å². The van der Waals surface area contributed by atoms with E-state index < -0.39 is 11.6 Å². The van der Waals surface area contributed by atoms with Gasteiger partial charge in [0.15, 0.2) is 11.6 Å². The summed E-state index contributed by atoms with van der Waals surface area (Å²) in [5, 5.41) is 3.26. The molecule has 1 N–H and O–H groups in total. The molecule has 1 aromatic rings. The maximum atomic E-state index is 13.1. The average molecular weight is 238 g/mol. The van der Waals surface area contributed by atoms with Crippen LogP contribution in [0.4, 0.5) is 8.78 Å². The lowest BCUT2D eigenvalue weighted by Gasteiger charge is -2.27. The van der Waals surface area contributed by atoms with Gasteiger partial charge in [-0.15, -0.1) is 0 Å². The summed E-state index contributed by atoms with van der Waals surface area (Å²) in [6.45, 7) is 8.49. The van der Waals surface area contributed by atoms with E-state index in [1.165, 1.54) is 6.07 Å². The molecule has 1 saturated heterocycles. The minimum atomic E-state index is -0.816. The van der Waals surface area contributed by atoms with E-state index in [0.717, 1.165) is 37.8 Å². The fourth-order valence-electron chi connectivity index (χ4n) is 1.95. The molecule has 0 unspecified atom stereocenters. The van der Waals surface area contributed by atoms with E-state index in [0.29, 0.717) is 12.1 Å². The number of piperazine rings is 1. The lowest BCUT2D eigenvalue weighted by molar-refractivity contribution is 0.268. The lowest BCUT2D eigenvalue weighted by Crippen LogP contribution is -2.43. The molecule has 0 radical (unpaired) electrons. The molecule has 2 rings (SSSR count). The van der Waals surface area contributed by atoms with Gasteiger partial charge in [-0.05, 0) is 23.3 Å². The SMILES string of the molecule is C=C(CN1CCNCC1)c1ccc(F)c(F)c1. The van der Waals surface area contributed by atoms with Crippen molar-refractivity contribution in [2.24, 2.45) is 0 Å². The minimum Gasteiger partial charge on any atom is -0.314 e. The van der Waals surface area contributed by atoms with E-state index in [2.05, 4.69) is 16.8 Å². The summed E-state index contributed by atoms with van der Waals surface area (Å²) in [4.78, 5) is 2.25. The molecule has 4 heteroatoms. The standard InChI is InChI=1S/C13H16F2N2/c1-10(9-17-6-4-16-5-7-17)11-2-3-12(14)13(15)8-11/h2-3,8,16H,1,4-7,9H2. The second-order valence-corrected chi connectivity index (χ2v) is 4.26. The largest absolute Gasteiger partial charge is 0.314 e. The van der Waals surface area contributed by atoms with Crippen molar-refractivity contribution in [2.75, 3.05) is 32.7 Å². The van der Waals surface area contributed by atoms with E-state index >= 15 is 0 Å². The van der Waals surface area contributed by atoms with Gasteiger partial charge >= 0.3 is 0 Å². The number of hydrogen-bond acceptors (Lipinski definition) is 2. The normalized spacial score (nSPS) is 17.1. The molecular weight excluding hydrogens is 222 g/mol. The van der Waals surface area contributed by atoms with Gasteiger partial charge in [0, 0.05) is 32.7 Å². The minimum absolute atomic E-state index is 0.669. The number of rotatable bonds is 3. The predicted molar refractivity (Wildman–Crippen MR) is 64.7 cm³/mol. The van der Waals surface area contributed by atoms with E-state index in [1.54, 1.807) is 6.07 Å². The molecule has 1 aliphatic heterocycles. The fraction of sp³-hybridized carbons (Fsp3) is 0.385. The first kappa shape index (κ1) is 12.2. The van der Waals surface area contributed by atoms with Crippen molar-refractivity contribution in [3.63, 3.8) is 0 Å². The van der Waals surface area contributed by atoms with Crippen LogP contribution >= 0.6 is 0 Å². The van der Waals surface area contributed by atoms with Gasteiger partial charge in [-0.2, -0.15) is 0 Å². The van der Waals surface area contributed by atoms with Crippen LogP contribution in [0.5, 0.6) is 0 Å². The van der Waals surface area contributed by atoms with Gasteiger partial charge in [0.05, 0.1) is 0 Å². The fourth-order valence-corrected chi connectivity index (χ4v) is 1.95. The van der Waals surface area contributed by atoms with Crippen LogP contribution < -0.4 is 5.32 Å². The third kappa shape index (κ3) is 3.11. The van der Waals surface area contributed by atoms with Gasteiger partial charge in [-0.1, -0.05) is 12.6 Å². The maximum absolute atomic E-state index is 13.1. The second kappa shape index (κ2) is 5.38. The highest BCUT2D eigenvalue weighted by atomic mass is 19.2. The van der Waals surface area contributed by atoms with E-state index in [1.807, 2.05) is 0 Å². The number of benzene rings is 1. The monoisotopic (exact) mass is 238 g/mol. The molecular formula is C13H16F2N2. The Hall–Kier alpha value is -1.26. The summed E-state index contributed by atoms with van der Waals surface area (Å²) in [6.07, 6.45) is 0. The number of nitrogens with zero attached hydrogens (tertiary/aromatic N) is 1. The van der Waals surface area contributed by atoms with Crippen molar-refractivity contribution in [3.05, 3.63) is 42.0 Å². The van der Waals surface area contributed by atoms with Crippen LogP contribution in [-0.4, -0.2) is 37.6 Å². The summed E-state index contributed by atoms with van der Waals surface area (Å²) in [5.41, 5.74) is 1.49. The van der Waals surface area contributed by atoms with Crippen LogP contribution in [0.15, 0.2) is 24.8 Å². The summed E-state index contributed by atoms with van der Waals surface area (Å²) in [5.74, 6) is -1.63. The second-order valence-electron chi connectivity index (χ2n) is 4.26. The molecule has 0 bridgehead atoms. The van der Waals surface area contributed by atoms with Gasteiger partial charge in [0.1, 0.15) is 0 Å².